The van der Waals surface area contributed by atoms with E-state index in [2.05, 4.69) is 31.3 Å². The van der Waals surface area contributed by atoms with Gasteiger partial charge in [0.15, 0.2) is 0 Å². The van der Waals surface area contributed by atoms with Crippen LogP contribution in [0.5, 0.6) is 0 Å². The van der Waals surface area contributed by atoms with Gasteiger partial charge in [0.05, 0.1) is 18.8 Å². The number of allylic oxidation sites excluding steroid dienone is 2. The summed E-state index contributed by atoms with van der Waals surface area (Å²) in [6.45, 7) is 4.10. The standard InChI is InChI=1S/C65H129NO5/c1-3-5-7-9-11-13-15-17-19-21-23-25-27-29-30-31-32-33-34-35-37-39-41-43-45-47-49-51-53-55-57-59-63(69)65(71)66-61(60-67)64(70)62(68)58-56-54-52-50-48-46-44-42-40-38-36-28-26-24-22-20-18-16-14-12-10-8-6-4-2/h50,52,61-64,67-70H,3-49,51,53-60H2,1-2H3,(H,66,71)/b52-50+. The second kappa shape index (κ2) is 59.9. The molecular weight excluding hydrogens is 875 g/mol. The summed E-state index contributed by atoms with van der Waals surface area (Å²) in [7, 11) is 0. The average molecular weight is 1000 g/mol. The van der Waals surface area contributed by atoms with Crippen molar-refractivity contribution in [2.45, 2.75) is 391 Å². The Kier molecular flexibility index (Phi) is 59.1. The molecule has 5 N–H and O–H groups in total. The number of carbonyl (C=O) groups excluding carboxylic acids is 1. The van der Waals surface area contributed by atoms with Crippen LogP contribution in [0.3, 0.4) is 0 Å². The van der Waals surface area contributed by atoms with Crippen molar-refractivity contribution in [3.05, 3.63) is 12.2 Å². The average Bonchev–Trinajstić information content (AvgIpc) is 3.38. The zero-order chi connectivity index (χ0) is 51.6. The van der Waals surface area contributed by atoms with E-state index < -0.39 is 36.9 Å². The van der Waals surface area contributed by atoms with Gasteiger partial charge < -0.3 is 25.7 Å². The highest BCUT2D eigenvalue weighted by atomic mass is 16.3. The highest BCUT2D eigenvalue weighted by Gasteiger charge is 2.28. The number of amides is 1. The van der Waals surface area contributed by atoms with E-state index in [1.807, 2.05) is 0 Å². The van der Waals surface area contributed by atoms with Crippen LogP contribution in [0.25, 0.3) is 0 Å². The number of rotatable bonds is 61. The molecule has 71 heavy (non-hydrogen) atoms. The molecular formula is C65H129NO5. The van der Waals surface area contributed by atoms with Crippen molar-refractivity contribution in [1.82, 2.24) is 5.32 Å². The van der Waals surface area contributed by atoms with E-state index in [0.717, 1.165) is 38.5 Å². The van der Waals surface area contributed by atoms with Crippen molar-refractivity contribution < 1.29 is 25.2 Å². The molecule has 0 radical (unpaired) electrons. The first-order chi connectivity index (χ1) is 35.0. The Bertz CT molecular complexity index is 1040. The van der Waals surface area contributed by atoms with Gasteiger partial charge in [-0.1, -0.05) is 341 Å². The Labute approximate surface area is 444 Å². The Hall–Kier alpha value is -0.950. The molecule has 0 fully saturated rings. The summed E-state index contributed by atoms with van der Waals surface area (Å²) < 4.78 is 0. The lowest BCUT2D eigenvalue weighted by Crippen LogP contribution is -2.53. The lowest BCUT2D eigenvalue weighted by molar-refractivity contribution is -0.132. The molecule has 0 saturated heterocycles. The van der Waals surface area contributed by atoms with Crippen LogP contribution in [0.4, 0.5) is 0 Å². The Morgan fingerprint density at radius 1 is 0.338 bits per heavy atom. The van der Waals surface area contributed by atoms with Crippen LogP contribution < -0.4 is 5.32 Å². The molecule has 6 nitrogen and oxygen atoms in total. The summed E-state index contributed by atoms with van der Waals surface area (Å²) in [6, 6.07) is -1.000. The molecule has 0 aliphatic heterocycles. The summed E-state index contributed by atoms with van der Waals surface area (Å²) in [5.74, 6) is -0.585. The first-order valence-electron chi connectivity index (χ1n) is 32.6. The second-order valence-corrected chi connectivity index (χ2v) is 22.8. The molecule has 1 amide bonds. The van der Waals surface area contributed by atoms with Crippen LogP contribution in [-0.4, -0.2) is 57.3 Å². The quantitative estimate of drug-likeness (QED) is 0.0308. The molecule has 4 atom stereocenters. The SMILES string of the molecule is CCCCCCCCCCCCCCCCCCCCC/C=C/CCCC(O)C(O)C(CO)NC(=O)C(O)CCCCCCCCCCCCCCCCCCCCCCCCCCCCCCCCC. The fraction of sp³-hybridized carbons (Fsp3) is 0.954. The van der Waals surface area contributed by atoms with Crippen LogP contribution >= 0.6 is 0 Å². The fourth-order valence-electron chi connectivity index (χ4n) is 10.6. The van der Waals surface area contributed by atoms with Gasteiger partial charge in [-0.2, -0.15) is 0 Å². The monoisotopic (exact) mass is 1000 g/mol. The highest BCUT2D eigenvalue weighted by Crippen LogP contribution is 2.19. The van der Waals surface area contributed by atoms with Crippen molar-refractivity contribution in [2.75, 3.05) is 6.61 Å². The molecule has 6 heteroatoms. The molecule has 4 unspecified atom stereocenters. The highest BCUT2D eigenvalue weighted by molar-refractivity contribution is 5.80. The topological polar surface area (TPSA) is 110 Å². The molecule has 0 aliphatic carbocycles. The van der Waals surface area contributed by atoms with Crippen LogP contribution in [0.2, 0.25) is 0 Å². The summed E-state index contributed by atoms with van der Waals surface area (Å²) in [6.07, 6.45) is 73.2. The number of nitrogens with one attached hydrogen (secondary N) is 1. The lowest BCUT2D eigenvalue weighted by Gasteiger charge is -2.27. The zero-order valence-electron chi connectivity index (χ0n) is 48.3. The maximum absolute atomic E-state index is 12.6. The minimum Gasteiger partial charge on any atom is -0.394 e. The van der Waals surface area contributed by atoms with Crippen molar-refractivity contribution in [2.24, 2.45) is 0 Å². The van der Waals surface area contributed by atoms with E-state index in [1.54, 1.807) is 0 Å². The normalized spacial score (nSPS) is 13.6. The Morgan fingerprint density at radius 2 is 0.577 bits per heavy atom. The van der Waals surface area contributed by atoms with Gasteiger partial charge >= 0.3 is 0 Å². The Morgan fingerprint density at radius 3 is 0.845 bits per heavy atom. The first kappa shape index (κ1) is 70.1. The van der Waals surface area contributed by atoms with Gasteiger partial charge in [0.25, 0.3) is 0 Å². The smallest absolute Gasteiger partial charge is 0.249 e. The number of carbonyl (C=O) groups is 1. The van der Waals surface area contributed by atoms with Gasteiger partial charge in [0, 0.05) is 0 Å². The van der Waals surface area contributed by atoms with Crippen LogP contribution in [0.1, 0.15) is 367 Å². The molecule has 0 saturated carbocycles. The number of aliphatic hydroxyl groups excluding tert-OH is 4. The van der Waals surface area contributed by atoms with Crippen molar-refractivity contribution >= 4 is 5.91 Å². The van der Waals surface area contributed by atoms with Crippen molar-refractivity contribution in [1.29, 1.82) is 0 Å². The second-order valence-electron chi connectivity index (χ2n) is 22.8. The van der Waals surface area contributed by atoms with E-state index in [9.17, 15) is 25.2 Å². The van der Waals surface area contributed by atoms with Gasteiger partial charge in [-0.15, -0.1) is 0 Å². The van der Waals surface area contributed by atoms with E-state index in [0.29, 0.717) is 12.8 Å². The van der Waals surface area contributed by atoms with Crippen LogP contribution in [0, 0.1) is 0 Å². The maximum atomic E-state index is 12.6. The summed E-state index contributed by atoms with van der Waals surface area (Å²) in [4.78, 5) is 12.6. The van der Waals surface area contributed by atoms with Gasteiger partial charge in [-0.3, -0.25) is 4.79 Å². The third-order valence-corrected chi connectivity index (χ3v) is 15.7. The van der Waals surface area contributed by atoms with E-state index in [4.69, 9.17) is 0 Å². The minimum absolute atomic E-state index is 0.369. The first-order valence-corrected chi connectivity index (χ1v) is 32.6. The molecule has 0 aromatic carbocycles. The molecule has 0 aromatic heterocycles. The van der Waals surface area contributed by atoms with Crippen LogP contribution in [-0.2, 0) is 4.79 Å². The largest absolute Gasteiger partial charge is 0.394 e. The van der Waals surface area contributed by atoms with Gasteiger partial charge in [-0.05, 0) is 38.5 Å². The number of hydrogen-bond acceptors (Lipinski definition) is 5. The van der Waals surface area contributed by atoms with Crippen molar-refractivity contribution in [3.8, 4) is 0 Å². The number of aliphatic hydroxyl groups is 4. The predicted octanol–water partition coefficient (Wildman–Crippen LogP) is 19.6. The zero-order valence-corrected chi connectivity index (χ0v) is 48.3. The molecule has 0 rings (SSSR count). The predicted molar refractivity (Wildman–Crippen MR) is 311 cm³/mol. The molecule has 0 aliphatic rings. The van der Waals surface area contributed by atoms with Gasteiger partial charge in [-0.25, -0.2) is 0 Å². The summed E-state index contributed by atoms with van der Waals surface area (Å²) >= 11 is 0. The summed E-state index contributed by atoms with van der Waals surface area (Å²) in [5.41, 5.74) is 0. The van der Waals surface area contributed by atoms with Gasteiger partial charge in [0.1, 0.15) is 12.2 Å². The lowest BCUT2D eigenvalue weighted by atomic mass is 10.00. The molecule has 0 aromatic rings. The fourth-order valence-corrected chi connectivity index (χ4v) is 10.6. The number of hydrogen-bond donors (Lipinski definition) is 5. The number of unbranched alkanes of at least 4 members (excludes halogenated alkanes) is 50. The minimum atomic E-state index is -1.28. The van der Waals surface area contributed by atoms with Crippen molar-refractivity contribution in [3.63, 3.8) is 0 Å². The van der Waals surface area contributed by atoms with E-state index >= 15 is 0 Å². The van der Waals surface area contributed by atoms with E-state index in [-0.39, 0.29) is 0 Å². The third-order valence-electron chi connectivity index (χ3n) is 15.7. The van der Waals surface area contributed by atoms with Gasteiger partial charge in [0.2, 0.25) is 5.91 Å². The molecule has 0 spiro atoms. The molecule has 0 bridgehead atoms. The molecule has 424 valence electrons. The Balaban J connectivity index is 3.56. The molecule has 0 heterocycles. The van der Waals surface area contributed by atoms with Crippen LogP contribution in [0.15, 0.2) is 12.2 Å². The maximum Gasteiger partial charge on any atom is 0.249 e. The van der Waals surface area contributed by atoms with E-state index in [1.165, 1.54) is 302 Å². The summed E-state index contributed by atoms with van der Waals surface area (Å²) in [5, 5.41) is 44.1. The third kappa shape index (κ3) is 53.7.